The van der Waals surface area contributed by atoms with Gasteiger partial charge in [0, 0.05) is 13.1 Å². The van der Waals surface area contributed by atoms with Crippen molar-refractivity contribution in [2.24, 2.45) is 0 Å². The summed E-state index contributed by atoms with van der Waals surface area (Å²) < 4.78 is 5.16. The molecule has 3 aromatic rings. The van der Waals surface area contributed by atoms with Crippen molar-refractivity contribution in [1.82, 2.24) is 15.2 Å². The van der Waals surface area contributed by atoms with Crippen LogP contribution in [0.5, 0.6) is 5.75 Å². The van der Waals surface area contributed by atoms with Crippen molar-refractivity contribution in [3.8, 4) is 5.75 Å². The van der Waals surface area contributed by atoms with Gasteiger partial charge < -0.3 is 15.4 Å². The maximum atomic E-state index is 5.16. The number of nitrogens with one attached hydrogen (secondary N) is 2. The van der Waals surface area contributed by atoms with Crippen LogP contribution in [0.4, 0.5) is 11.8 Å². The van der Waals surface area contributed by atoms with E-state index in [9.17, 15) is 0 Å². The molecule has 0 unspecified atom stereocenters. The molecule has 0 aliphatic rings. The zero-order valence-corrected chi connectivity index (χ0v) is 14.1. The minimum atomic E-state index is 0.520. The number of nitrogens with zero attached hydrogens (tertiary/aromatic N) is 3. The standard InChI is InChI=1S/C19H21N5O/c1-25-17-9-7-15(8-10-17)11-12-20-19-23-18(14-22-24-19)21-13-16-5-3-2-4-6-16/h2-10,14H,11-13H2,1H3,(H2,20,21,23,24). The molecule has 2 N–H and O–H groups in total. The molecule has 6 nitrogen and oxygen atoms in total. The van der Waals surface area contributed by atoms with E-state index in [0.29, 0.717) is 18.3 Å². The Hall–Kier alpha value is -3.15. The van der Waals surface area contributed by atoms with Crippen molar-refractivity contribution in [2.45, 2.75) is 13.0 Å². The Morgan fingerprint density at radius 1 is 0.920 bits per heavy atom. The Labute approximate surface area is 147 Å². The number of anilines is 2. The lowest BCUT2D eigenvalue weighted by atomic mass is 10.1. The van der Waals surface area contributed by atoms with Crippen LogP contribution < -0.4 is 15.4 Å². The van der Waals surface area contributed by atoms with E-state index in [0.717, 1.165) is 18.7 Å². The van der Waals surface area contributed by atoms with E-state index < -0.39 is 0 Å². The molecule has 0 amide bonds. The highest BCUT2D eigenvalue weighted by atomic mass is 16.5. The van der Waals surface area contributed by atoms with Crippen LogP contribution in [-0.4, -0.2) is 28.8 Å². The van der Waals surface area contributed by atoms with E-state index in [1.54, 1.807) is 13.3 Å². The van der Waals surface area contributed by atoms with Gasteiger partial charge in [-0.3, -0.25) is 0 Å². The normalized spacial score (nSPS) is 10.3. The Bertz CT molecular complexity index is 777. The summed E-state index contributed by atoms with van der Waals surface area (Å²) in [6.45, 7) is 1.43. The first-order valence-corrected chi connectivity index (χ1v) is 8.18. The monoisotopic (exact) mass is 335 g/mol. The fourth-order valence-electron chi connectivity index (χ4n) is 2.36. The number of benzene rings is 2. The zero-order chi connectivity index (χ0) is 17.3. The summed E-state index contributed by atoms with van der Waals surface area (Å²) in [6, 6.07) is 18.2. The maximum absolute atomic E-state index is 5.16. The lowest BCUT2D eigenvalue weighted by molar-refractivity contribution is 0.414. The first kappa shape index (κ1) is 16.7. The van der Waals surface area contributed by atoms with Gasteiger partial charge in [-0.15, -0.1) is 5.10 Å². The molecular formula is C19H21N5O. The van der Waals surface area contributed by atoms with Crippen LogP contribution in [0.25, 0.3) is 0 Å². The maximum Gasteiger partial charge on any atom is 0.244 e. The van der Waals surface area contributed by atoms with E-state index in [1.807, 2.05) is 30.3 Å². The second-order valence-electron chi connectivity index (χ2n) is 5.53. The summed E-state index contributed by atoms with van der Waals surface area (Å²) in [5.41, 5.74) is 2.41. The molecule has 0 atom stereocenters. The molecule has 128 valence electrons. The molecule has 0 radical (unpaired) electrons. The highest BCUT2D eigenvalue weighted by molar-refractivity contribution is 5.38. The lowest BCUT2D eigenvalue weighted by Crippen LogP contribution is -2.10. The van der Waals surface area contributed by atoms with Crippen LogP contribution in [0.2, 0.25) is 0 Å². The molecule has 2 aromatic carbocycles. The van der Waals surface area contributed by atoms with Gasteiger partial charge in [-0.2, -0.15) is 10.1 Å². The van der Waals surface area contributed by atoms with Crippen molar-refractivity contribution in [1.29, 1.82) is 0 Å². The number of aromatic nitrogens is 3. The average Bonchev–Trinajstić information content (AvgIpc) is 2.68. The van der Waals surface area contributed by atoms with Crippen LogP contribution in [0.3, 0.4) is 0 Å². The molecule has 0 aliphatic carbocycles. The number of hydrogen-bond donors (Lipinski definition) is 2. The van der Waals surface area contributed by atoms with Crippen LogP contribution >= 0.6 is 0 Å². The number of ether oxygens (including phenoxy) is 1. The Balaban J connectivity index is 1.49. The Kier molecular flexibility index (Phi) is 5.77. The highest BCUT2D eigenvalue weighted by Gasteiger charge is 2.01. The van der Waals surface area contributed by atoms with E-state index in [4.69, 9.17) is 4.74 Å². The summed E-state index contributed by atoms with van der Waals surface area (Å²) >= 11 is 0. The first-order valence-electron chi connectivity index (χ1n) is 8.18. The van der Waals surface area contributed by atoms with Gasteiger partial charge >= 0.3 is 0 Å². The zero-order valence-electron chi connectivity index (χ0n) is 14.1. The quantitative estimate of drug-likeness (QED) is 0.659. The number of hydrogen-bond acceptors (Lipinski definition) is 6. The third-order valence-electron chi connectivity index (χ3n) is 3.73. The first-order chi connectivity index (χ1) is 12.3. The molecule has 0 fully saturated rings. The topological polar surface area (TPSA) is 72.0 Å². The summed E-state index contributed by atoms with van der Waals surface area (Å²) in [5.74, 6) is 2.08. The Morgan fingerprint density at radius 2 is 1.72 bits per heavy atom. The van der Waals surface area contributed by atoms with Crippen molar-refractivity contribution in [2.75, 3.05) is 24.3 Å². The van der Waals surface area contributed by atoms with Gasteiger partial charge in [0.25, 0.3) is 0 Å². The van der Waals surface area contributed by atoms with E-state index in [2.05, 4.69) is 50.1 Å². The highest BCUT2D eigenvalue weighted by Crippen LogP contribution is 2.12. The lowest BCUT2D eigenvalue weighted by Gasteiger charge is -2.08. The van der Waals surface area contributed by atoms with Gasteiger partial charge in [0.05, 0.1) is 13.3 Å². The van der Waals surface area contributed by atoms with Gasteiger partial charge in [-0.05, 0) is 29.7 Å². The molecule has 6 heteroatoms. The predicted octanol–water partition coefficient (Wildman–Crippen LogP) is 3.15. The van der Waals surface area contributed by atoms with Gasteiger partial charge in [-0.25, -0.2) is 0 Å². The fraction of sp³-hybridized carbons (Fsp3) is 0.211. The molecule has 0 aliphatic heterocycles. The van der Waals surface area contributed by atoms with Gasteiger partial charge in [0.2, 0.25) is 5.95 Å². The molecule has 0 saturated carbocycles. The van der Waals surface area contributed by atoms with E-state index in [1.165, 1.54) is 11.1 Å². The number of methoxy groups -OCH3 is 1. The minimum absolute atomic E-state index is 0.520. The fourth-order valence-corrected chi connectivity index (χ4v) is 2.36. The van der Waals surface area contributed by atoms with Crippen molar-refractivity contribution < 1.29 is 4.74 Å². The van der Waals surface area contributed by atoms with E-state index >= 15 is 0 Å². The average molecular weight is 335 g/mol. The summed E-state index contributed by atoms with van der Waals surface area (Å²) in [7, 11) is 1.67. The van der Waals surface area contributed by atoms with Crippen LogP contribution in [-0.2, 0) is 13.0 Å². The largest absolute Gasteiger partial charge is 0.497 e. The summed E-state index contributed by atoms with van der Waals surface area (Å²) in [5, 5.41) is 14.5. The molecule has 3 rings (SSSR count). The van der Waals surface area contributed by atoms with Crippen molar-refractivity contribution >= 4 is 11.8 Å². The second kappa shape index (κ2) is 8.63. The number of rotatable bonds is 8. The molecule has 25 heavy (non-hydrogen) atoms. The SMILES string of the molecule is COc1ccc(CCNc2nncc(NCc3ccccc3)n2)cc1. The van der Waals surface area contributed by atoms with Crippen molar-refractivity contribution in [3.05, 3.63) is 71.9 Å². The molecule has 1 heterocycles. The van der Waals surface area contributed by atoms with Crippen LogP contribution in [0.15, 0.2) is 60.8 Å². The second-order valence-corrected chi connectivity index (χ2v) is 5.53. The minimum Gasteiger partial charge on any atom is -0.497 e. The summed E-state index contributed by atoms with van der Waals surface area (Å²) in [6.07, 6.45) is 2.49. The molecule has 0 bridgehead atoms. The van der Waals surface area contributed by atoms with Crippen LogP contribution in [0, 0.1) is 0 Å². The molecule has 1 aromatic heterocycles. The van der Waals surface area contributed by atoms with Crippen molar-refractivity contribution in [3.63, 3.8) is 0 Å². The van der Waals surface area contributed by atoms with Gasteiger partial charge in [0.1, 0.15) is 5.75 Å². The third-order valence-corrected chi connectivity index (χ3v) is 3.73. The smallest absolute Gasteiger partial charge is 0.244 e. The third kappa shape index (κ3) is 5.17. The predicted molar refractivity (Wildman–Crippen MR) is 98.8 cm³/mol. The Morgan fingerprint density at radius 3 is 2.48 bits per heavy atom. The van der Waals surface area contributed by atoms with Crippen LogP contribution in [0.1, 0.15) is 11.1 Å². The van der Waals surface area contributed by atoms with Gasteiger partial charge in [-0.1, -0.05) is 42.5 Å². The summed E-state index contributed by atoms with van der Waals surface area (Å²) in [4.78, 5) is 4.43. The van der Waals surface area contributed by atoms with E-state index in [-0.39, 0.29) is 0 Å². The molecule has 0 saturated heterocycles. The molecule has 0 spiro atoms. The molecular weight excluding hydrogens is 314 g/mol. The van der Waals surface area contributed by atoms with Gasteiger partial charge in [0.15, 0.2) is 5.82 Å².